The number of carbonyl (C=O) groups is 1. The molecule has 1 aliphatic heterocycles. The van der Waals surface area contributed by atoms with Crippen LogP contribution in [0.25, 0.3) is 11.1 Å². The zero-order valence-electron chi connectivity index (χ0n) is 14.7. The van der Waals surface area contributed by atoms with Gasteiger partial charge in [0.2, 0.25) is 0 Å². The van der Waals surface area contributed by atoms with Crippen molar-refractivity contribution >= 4 is 5.91 Å². The Morgan fingerprint density at radius 3 is 2.29 bits per heavy atom. The maximum Gasteiger partial charge on any atom is 0.251 e. The van der Waals surface area contributed by atoms with Crippen LogP contribution in [0.2, 0.25) is 0 Å². The molecule has 1 fully saturated rings. The summed E-state index contributed by atoms with van der Waals surface area (Å²) in [6, 6.07) is 10.1. The van der Waals surface area contributed by atoms with Crippen LogP contribution in [-0.4, -0.2) is 35.0 Å². The number of piperidine rings is 1. The SMILES string of the molecule is Cc1c(C(N)=O)c(-c2ccccc2)c(C)n1CCN1CCCCC1. The first-order chi connectivity index (χ1) is 11.6. The van der Waals surface area contributed by atoms with Gasteiger partial charge in [0, 0.05) is 30.0 Å². The van der Waals surface area contributed by atoms with E-state index >= 15 is 0 Å². The average Bonchev–Trinajstić information content (AvgIpc) is 2.85. The van der Waals surface area contributed by atoms with Gasteiger partial charge in [-0.25, -0.2) is 0 Å². The van der Waals surface area contributed by atoms with E-state index in [9.17, 15) is 4.79 Å². The molecule has 2 N–H and O–H groups in total. The number of nitrogens with zero attached hydrogens (tertiary/aromatic N) is 2. The molecule has 4 heteroatoms. The van der Waals surface area contributed by atoms with Crippen LogP contribution in [-0.2, 0) is 6.54 Å². The molecular weight excluding hydrogens is 298 g/mol. The highest BCUT2D eigenvalue weighted by molar-refractivity contribution is 6.02. The van der Waals surface area contributed by atoms with E-state index in [-0.39, 0.29) is 5.91 Å². The highest BCUT2D eigenvalue weighted by Gasteiger charge is 2.22. The Kier molecular flexibility index (Phi) is 5.05. The van der Waals surface area contributed by atoms with Crippen LogP contribution in [0, 0.1) is 13.8 Å². The Labute approximate surface area is 144 Å². The van der Waals surface area contributed by atoms with Crippen molar-refractivity contribution in [2.45, 2.75) is 39.7 Å². The summed E-state index contributed by atoms with van der Waals surface area (Å²) in [7, 11) is 0. The lowest BCUT2D eigenvalue weighted by Crippen LogP contribution is -2.32. The van der Waals surface area contributed by atoms with Crippen molar-refractivity contribution in [3.63, 3.8) is 0 Å². The molecular formula is C20H27N3O. The predicted molar refractivity (Wildman–Crippen MR) is 98.2 cm³/mol. The average molecular weight is 325 g/mol. The second-order valence-corrected chi connectivity index (χ2v) is 6.71. The van der Waals surface area contributed by atoms with Crippen LogP contribution in [0.4, 0.5) is 0 Å². The predicted octanol–water partition coefficient (Wildman–Crippen LogP) is 3.36. The molecule has 0 unspecified atom stereocenters. The minimum absolute atomic E-state index is 0.342. The van der Waals surface area contributed by atoms with Crippen molar-refractivity contribution in [1.82, 2.24) is 9.47 Å². The summed E-state index contributed by atoms with van der Waals surface area (Å²) in [4.78, 5) is 14.6. The highest BCUT2D eigenvalue weighted by Crippen LogP contribution is 2.32. The lowest BCUT2D eigenvalue weighted by atomic mass is 10.0. The third-order valence-corrected chi connectivity index (χ3v) is 5.18. The zero-order valence-corrected chi connectivity index (χ0v) is 14.7. The van der Waals surface area contributed by atoms with Crippen molar-refractivity contribution in [2.24, 2.45) is 5.73 Å². The van der Waals surface area contributed by atoms with E-state index in [4.69, 9.17) is 5.73 Å². The molecule has 0 bridgehead atoms. The molecule has 24 heavy (non-hydrogen) atoms. The summed E-state index contributed by atoms with van der Waals surface area (Å²) in [5.74, 6) is -0.342. The van der Waals surface area contributed by atoms with E-state index < -0.39 is 0 Å². The molecule has 128 valence electrons. The van der Waals surface area contributed by atoms with Crippen molar-refractivity contribution in [2.75, 3.05) is 19.6 Å². The van der Waals surface area contributed by atoms with E-state index in [1.807, 2.05) is 37.3 Å². The van der Waals surface area contributed by atoms with Gasteiger partial charge in [0.15, 0.2) is 0 Å². The van der Waals surface area contributed by atoms with Gasteiger partial charge < -0.3 is 15.2 Å². The highest BCUT2D eigenvalue weighted by atomic mass is 16.1. The molecule has 0 atom stereocenters. The van der Waals surface area contributed by atoms with Crippen molar-refractivity contribution in [3.8, 4) is 11.1 Å². The monoisotopic (exact) mass is 325 g/mol. The Morgan fingerprint density at radius 2 is 1.67 bits per heavy atom. The Morgan fingerprint density at radius 1 is 1.00 bits per heavy atom. The first-order valence-electron chi connectivity index (χ1n) is 8.87. The number of nitrogens with two attached hydrogens (primary N) is 1. The topological polar surface area (TPSA) is 51.3 Å². The number of rotatable bonds is 5. The molecule has 1 aromatic heterocycles. The summed E-state index contributed by atoms with van der Waals surface area (Å²) < 4.78 is 2.26. The van der Waals surface area contributed by atoms with Crippen molar-refractivity contribution in [3.05, 3.63) is 47.3 Å². The van der Waals surface area contributed by atoms with E-state index in [1.54, 1.807) is 0 Å². The van der Waals surface area contributed by atoms with Gasteiger partial charge in [-0.2, -0.15) is 0 Å². The molecule has 2 heterocycles. The first-order valence-corrected chi connectivity index (χ1v) is 8.87. The molecule has 0 radical (unpaired) electrons. The largest absolute Gasteiger partial charge is 0.366 e. The van der Waals surface area contributed by atoms with Crippen LogP contribution < -0.4 is 5.73 Å². The fraction of sp³-hybridized carbons (Fsp3) is 0.450. The van der Waals surface area contributed by atoms with Crippen LogP contribution in [0.3, 0.4) is 0 Å². The zero-order chi connectivity index (χ0) is 17.1. The van der Waals surface area contributed by atoms with Crippen LogP contribution >= 0.6 is 0 Å². The third kappa shape index (κ3) is 3.24. The lowest BCUT2D eigenvalue weighted by Gasteiger charge is -2.27. The van der Waals surface area contributed by atoms with Crippen molar-refractivity contribution in [1.29, 1.82) is 0 Å². The van der Waals surface area contributed by atoms with Crippen LogP contribution in [0.1, 0.15) is 41.0 Å². The van der Waals surface area contributed by atoms with E-state index in [0.29, 0.717) is 5.56 Å². The van der Waals surface area contributed by atoms with Gasteiger partial charge >= 0.3 is 0 Å². The Bertz CT molecular complexity index is 712. The minimum atomic E-state index is -0.342. The number of hydrogen-bond donors (Lipinski definition) is 1. The molecule has 1 aromatic carbocycles. The fourth-order valence-electron chi connectivity index (χ4n) is 3.90. The maximum absolute atomic E-state index is 12.1. The fourth-order valence-corrected chi connectivity index (χ4v) is 3.90. The van der Waals surface area contributed by atoms with Crippen molar-refractivity contribution < 1.29 is 4.79 Å². The number of likely N-dealkylation sites (tertiary alicyclic amines) is 1. The number of carbonyl (C=O) groups excluding carboxylic acids is 1. The smallest absolute Gasteiger partial charge is 0.251 e. The second kappa shape index (κ2) is 7.22. The molecule has 0 aliphatic carbocycles. The van der Waals surface area contributed by atoms with Crippen LogP contribution in [0.15, 0.2) is 30.3 Å². The third-order valence-electron chi connectivity index (χ3n) is 5.18. The molecule has 2 aromatic rings. The standard InChI is InChI=1S/C20H27N3O/c1-15-18(17-9-5-3-6-10-17)19(20(21)24)16(2)23(15)14-13-22-11-7-4-8-12-22/h3,5-6,9-10H,4,7-8,11-14H2,1-2H3,(H2,21,24). The van der Waals surface area contributed by atoms with Gasteiger partial charge in [0.05, 0.1) is 5.56 Å². The summed E-state index contributed by atoms with van der Waals surface area (Å²) in [6.45, 7) is 8.42. The summed E-state index contributed by atoms with van der Waals surface area (Å²) in [5.41, 5.74) is 10.5. The molecule has 1 aliphatic rings. The Balaban J connectivity index is 1.93. The van der Waals surface area contributed by atoms with E-state index in [2.05, 4.69) is 16.4 Å². The number of aromatic nitrogens is 1. The summed E-state index contributed by atoms with van der Waals surface area (Å²) >= 11 is 0. The molecule has 4 nitrogen and oxygen atoms in total. The van der Waals surface area contributed by atoms with Crippen LogP contribution in [0.5, 0.6) is 0 Å². The second-order valence-electron chi connectivity index (χ2n) is 6.71. The molecule has 1 amide bonds. The number of primary amides is 1. The number of benzene rings is 1. The molecule has 0 saturated carbocycles. The minimum Gasteiger partial charge on any atom is -0.366 e. The summed E-state index contributed by atoms with van der Waals surface area (Å²) in [6.07, 6.45) is 3.94. The van der Waals surface area contributed by atoms with Gasteiger partial charge in [-0.3, -0.25) is 4.79 Å². The van der Waals surface area contributed by atoms with Gasteiger partial charge in [-0.05, 0) is 45.3 Å². The van der Waals surface area contributed by atoms with E-state index in [1.165, 1.54) is 32.4 Å². The first kappa shape index (κ1) is 16.8. The van der Waals surface area contributed by atoms with Gasteiger partial charge in [-0.1, -0.05) is 36.8 Å². The van der Waals surface area contributed by atoms with Gasteiger partial charge in [-0.15, -0.1) is 0 Å². The lowest BCUT2D eigenvalue weighted by molar-refractivity contribution is 0.1000. The molecule has 3 rings (SSSR count). The number of hydrogen-bond acceptors (Lipinski definition) is 2. The molecule has 1 saturated heterocycles. The van der Waals surface area contributed by atoms with E-state index in [0.717, 1.165) is 35.6 Å². The Hall–Kier alpha value is -2.07. The quantitative estimate of drug-likeness (QED) is 0.916. The maximum atomic E-state index is 12.1. The normalized spacial score (nSPS) is 15.6. The summed E-state index contributed by atoms with van der Waals surface area (Å²) in [5, 5.41) is 0. The van der Waals surface area contributed by atoms with Gasteiger partial charge in [0.1, 0.15) is 0 Å². The molecule has 0 spiro atoms. The van der Waals surface area contributed by atoms with Gasteiger partial charge in [0.25, 0.3) is 5.91 Å². The number of amides is 1.